The van der Waals surface area contributed by atoms with E-state index in [9.17, 15) is 9.70 Å². The van der Waals surface area contributed by atoms with Crippen LogP contribution in [0.1, 0.15) is 18.9 Å². The second-order valence-corrected chi connectivity index (χ2v) is 4.36. The van der Waals surface area contributed by atoms with Crippen molar-refractivity contribution < 1.29 is 9.53 Å². The molecule has 0 saturated heterocycles. The van der Waals surface area contributed by atoms with Crippen molar-refractivity contribution in [3.63, 3.8) is 0 Å². The number of esters is 1. The number of nitroso groups, excluding NO2 is 1. The van der Waals surface area contributed by atoms with Crippen molar-refractivity contribution in [3.05, 3.63) is 39.2 Å². The molecule has 0 saturated carbocycles. The molecular formula is C12H14BrNO3. The Hall–Kier alpha value is -1.23. The van der Waals surface area contributed by atoms with Crippen molar-refractivity contribution in [2.45, 2.75) is 25.8 Å². The normalized spacial score (nSPS) is 11.9. The molecule has 0 bridgehead atoms. The predicted octanol–water partition coefficient (Wildman–Crippen LogP) is 3.08. The maximum atomic E-state index is 11.4. The van der Waals surface area contributed by atoms with Gasteiger partial charge in [0, 0.05) is 4.47 Å². The molecule has 0 aliphatic heterocycles. The average Bonchev–Trinajstić information content (AvgIpc) is 2.32. The summed E-state index contributed by atoms with van der Waals surface area (Å²) in [6.45, 7) is 1.97. The number of carbonyl (C=O) groups excluding carboxylic acids is 1. The van der Waals surface area contributed by atoms with E-state index in [1.54, 1.807) is 6.92 Å². The molecule has 1 atom stereocenters. The van der Waals surface area contributed by atoms with Crippen molar-refractivity contribution >= 4 is 21.9 Å². The highest BCUT2D eigenvalue weighted by Gasteiger charge is 2.20. The maximum Gasteiger partial charge on any atom is 0.334 e. The number of ether oxygens (including phenoxy) is 1. The minimum absolute atomic E-state index is 0.264. The van der Waals surface area contributed by atoms with Crippen molar-refractivity contribution in [2.24, 2.45) is 5.18 Å². The molecule has 0 heterocycles. The molecule has 1 aromatic rings. The number of nitrogens with zero attached hydrogens (tertiary/aromatic N) is 1. The molecule has 0 aromatic heterocycles. The summed E-state index contributed by atoms with van der Waals surface area (Å²) in [5.41, 5.74) is 1.05. The summed E-state index contributed by atoms with van der Waals surface area (Å²) < 4.78 is 5.74. The van der Waals surface area contributed by atoms with Crippen LogP contribution >= 0.6 is 15.9 Å². The lowest BCUT2D eigenvalue weighted by molar-refractivity contribution is -0.144. The molecule has 0 spiro atoms. The van der Waals surface area contributed by atoms with Gasteiger partial charge in [0.2, 0.25) is 0 Å². The van der Waals surface area contributed by atoms with Gasteiger partial charge in [0.05, 0.1) is 6.61 Å². The molecule has 0 aliphatic rings. The van der Waals surface area contributed by atoms with Gasteiger partial charge in [0.15, 0.2) is 6.04 Å². The van der Waals surface area contributed by atoms with Gasteiger partial charge in [-0.05, 0) is 31.4 Å². The number of carbonyl (C=O) groups is 1. The van der Waals surface area contributed by atoms with E-state index < -0.39 is 12.0 Å². The van der Waals surface area contributed by atoms with E-state index in [0.29, 0.717) is 12.8 Å². The quantitative estimate of drug-likeness (QED) is 0.599. The van der Waals surface area contributed by atoms with Crippen molar-refractivity contribution in [1.29, 1.82) is 0 Å². The van der Waals surface area contributed by atoms with Crippen LogP contribution in [0.4, 0.5) is 0 Å². The van der Waals surface area contributed by atoms with Gasteiger partial charge in [-0.2, -0.15) is 0 Å². The van der Waals surface area contributed by atoms with E-state index in [1.165, 1.54) is 0 Å². The number of aryl methyl sites for hydroxylation is 1. The van der Waals surface area contributed by atoms with Crippen molar-refractivity contribution in [3.8, 4) is 0 Å². The van der Waals surface area contributed by atoms with Crippen LogP contribution in [-0.4, -0.2) is 18.6 Å². The Bertz CT molecular complexity index is 395. The number of hydrogen-bond donors (Lipinski definition) is 0. The summed E-state index contributed by atoms with van der Waals surface area (Å²) in [7, 11) is 0. The predicted molar refractivity (Wildman–Crippen MR) is 68.7 cm³/mol. The third kappa shape index (κ3) is 4.26. The van der Waals surface area contributed by atoms with E-state index in [2.05, 4.69) is 21.1 Å². The number of hydrogen-bond acceptors (Lipinski definition) is 4. The SMILES string of the molecule is CCOC(=O)C(CCc1ccccc1Br)N=O. The van der Waals surface area contributed by atoms with E-state index in [1.807, 2.05) is 24.3 Å². The first kappa shape index (κ1) is 13.8. The van der Waals surface area contributed by atoms with Crippen molar-refractivity contribution in [2.75, 3.05) is 6.61 Å². The summed E-state index contributed by atoms with van der Waals surface area (Å²) in [6.07, 6.45) is 0.974. The van der Waals surface area contributed by atoms with Crippen molar-refractivity contribution in [1.82, 2.24) is 0 Å². The standard InChI is InChI=1S/C12H14BrNO3/c1-2-17-12(15)11(14-16)8-7-9-5-3-4-6-10(9)13/h3-6,11H,2,7-8H2,1H3. The lowest BCUT2D eigenvalue weighted by Crippen LogP contribution is -2.21. The Morgan fingerprint density at radius 2 is 2.18 bits per heavy atom. The number of halogens is 1. The van der Waals surface area contributed by atoms with Gasteiger partial charge in [-0.25, -0.2) is 4.79 Å². The highest BCUT2D eigenvalue weighted by atomic mass is 79.9. The summed E-state index contributed by atoms with van der Waals surface area (Å²) in [5.74, 6) is -0.547. The first-order chi connectivity index (χ1) is 8.19. The van der Waals surface area contributed by atoms with Gasteiger partial charge < -0.3 is 4.74 Å². The van der Waals surface area contributed by atoms with Crippen LogP contribution < -0.4 is 0 Å². The summed E-state index contributed by atoms with van der Waals surface area (Å²) in [6, 6.07) is 6.77. The van der Waals surface area contributed by atoms with Gasteiger partial charge in [-0.1, -0.05) is 39.3 Å². The molecule has 0 N–H and O–H groups in total. The topological polar surface area (TPSA) is 55.7 Å². The molecule has 1 aromatic carbocycles. The molecule has 0 aliphatic carbocycles. The first-order valence-electron chi connectivity index (χ1n) is 5.41. The van der Waals surface area contributed by atoms with Gasteiger partial charge in [-0.3, -0.25) is 0 Å². The third-order valence-electron chi connectivity index (χ3n) is 2.33. The van der Waals surface area contributed by atoms with Gasteiger partial charge in [0.25, 0.3) is 0 Å². The van der Waals surface area contributed by atoms with E-state index >= 15 is 0 Å². The Balaban J connectivity index is 2.56. The zero-order chi connectivity index (χ0) is 12.7. The van der Waals surface area contributed by atoms with Crippen LogP contribution in [0.15, 0.2) is 33.9 Å². The van der Waals surface area contributed by atoms with Crippen LogP contribution in [0.3, 0.4) is 0 Å². The number of benzene rings is 1. The second-order valence-electron chi connectivity index (χ2n) is 3.50. The minimum atomic E-state index is -0.915. The fourth-order valence-corrected chi connectivity index (χ4v) is 1.93. The minimum Gasteiger partial charge on any atom is -0.464 e. The second kappa shape index (κ2) is 7.17. The summed E-state index contributed by atoms with van der Waals surface area (Å²) in [5, 5.41) is 2.81. The monoisotopic (exact) mass is 299 g/mol. The largest absolute Gasteiger partial charge is 0.464 e. The first-order valence-corrected chi connectivity index (χ1v) is 6.20. The Labute approximate surface area is 108 Å². The number of rotatable bonds is 6. The molecule has 5 heteroatoms. The molecule has 1 rings (SSSR count). The highest BCUT2D eigenvalue weighted by Crippen LogP contribution is 2.18. The molecule has 0 radical (unpaired) electrons. The Morgan fingerprint density at radius 3 is 2.76 bits per heavy atom. The smallest absolute Gasteiger partial charge is 0.334 e. The molecule has 4 nitrogen and oxygen atoms in total. The molecule has 0 fully saturated rings. The lowest BCUT2D eigenvalue weighted by Gasteiger charge is -2.09. The van der Waals surface area contributed by atoms with E-state index in [4.69, 9.17) is 4.74 Å². The van der Waals surface area contributed by atoms with Gasteiger partial charge in [0.1, 0.15) is 0 Å². The Morgan fingerprint density at radius 1 is 1.47 bits per heavy atom. The van der Waals surface area contributed by atoms with Crippen LogP contribution in [-0.2, 0) is 16.0 Å². The lowest BCUT2D eigenvalue weighted by atomic mass is 10.1. The highest BCUT2D eigenvalue weighted by molar-refractivity contribution is 9.10. The van der Waals surface area contributed by atoms with Crippen LogP contribution in [0.2, 0.25) is 0 Å². The summed E-state index contributed by atoms with van der Waals surface area (Å²) in [4.78, 5) is 21.9. The molecule has 17 heavy (non-hydrogen) atoms. The molecule has 92 valence electrons. The fourth-order valence-electron chi connectivity index (χ4n) is 1.45. The van der Waals surface area contributed by atoms with Crippen LogP contribution in [0, 0.1) is 4.91 Å². The molecular weight excluding hydrogens is 286 g/mol. The van der Waals surface area contributed by atoms with Crippen LogP contribution in [0.25, 0.3) is 0 Å². The summed E-state index contributed by atoms with van der Waals surface area (Å²) >= 11 is 3.41. The fraction of sp³-hybridized carbons (Fsp3) is 0.417. The van der Waals surface area contributed by atoms with E-state index in [-0.39, 0.29) is 6.61 Å². The molecule has 1 unspecified atom stereocenters. The third-order valence-corrected chi connectivity index (χ3v) is 3.10. The van der Waals surface area contributed by atoms with Crippen LogP contribution in [0.5, 0.6) is 0 Å². The zero-order valence-corrected chi connectivity index (χ0v) is 11.1. The molecule has 0 amide bonds. The Kier molecular flexibility index (Phi) is 5.83. The van der Waals surface area contributed by atoms with Gasteiger partial charge in [-0.15, -0.1) is 4.91 Å². The average molecular weight is 300 g/mol. The zero-order valence-electron chi connectivity index (χ0n) is 9.56. The van der Waals surface area contributed by atoms with E-state index in [0.717, 1.165) is 10.0 Å². The van der Waals surface area contributed by atoms with Gasteiger partial charge >= 0.3 is 5.97 Å². The maximum absolute atomic E-state index is 11.4.